The van der Waals surface area contributed by atoms with Crippen molar-refractivity contribution in [2.24, 2.45) is 0 Å². The van der Waals surface area contributed by atoms with Crippen molar-refractivity contribution in [3.8, 4) is 5.75 Å². The first-order valence-electron chi connectivity index (χ1n) is 4.99. The first kappa shape index (κ1) is 16.9. The lowest BCUT2D eigenvalue weighted by Gasteiger charge is -2.15. The van der Waals surface area contributed by atoms with Gasteiger partial charge in [-0.15, -0.1) is 0 Å². The molecule has 116 valence electrons. The van der Waals surface area contributed by atoms with Crippen LogP contribution in [-0.2, 0) is 21.1 Å². The minimum Gasteiger partial charge on any atom is -0.478 e. The molecule has 21 heavy (non-hydrogen) atoms. The van der Waals surface area contributed by atoms with Gasteiger partial charge in [0.15, 0.2) is 5.75 Å². The van der Waals surface area contributed by atoms with Gasteiger partial charge in [0.25, 0.3) is 10.1 Å². The number of halogens is 3. The highest BCUT2D eigenvalue weighted by atomic mass is 32.2. The lowest BCUT2D eigenvalue weighted by Crippen LogP contribution is -2.18. The van der Waals surface area contributed by atoms with E-state index in [0.717, 1.165) is 6.92 Å². The fraction of sp³-hybridized carbons (Fsp3) is 0.200. The Morgan fingerprint density at radius 3 is 2.10 bits per heavy atom. The van der Waals surface area contributed by atoms with E-state index in [-0.39, 0.29) is 6.07 Å². The van der Waals surface area contributed by atoms with Crippen molar-refractivity contribution >= 4 is 22.1 Å². The summed E-state index contributed by atoms with van der Waals surface area (Å²) in [6.45, 7) is 0.722. The molecule has 7 nitrogen and oxygen atoms in total. The maximum atomic E-state index is 12.7. The molecule has 0 saturated carbocycles. The second kappa shape index (κ2) is 5.33. The lowest BCUT2D eigenvalue weighted by molar-refractivity contribution is -0.139. The maximum Gasteiger partial charge on any atom is 0.417 e. The number of ether oxygens (including phenoxy) is 1. The third kappa shape index (κ3) is 3.70. The fourth-order valence-electron chi connectivity index (χ4n) is 1.46. The van der Waals surface area contributed by atoms with Crippen LogP contribution in [0.5, 0.6) is 5.75 Å². The molecular weight excluding hydrogens is 321 g/mol. The molecule has 1 rings (SSSR count). The number of aromatic carboxylic acids is 1. The molecule has 2 N–H and O–H groups in total. The van der Waals surface area contributed by atoms with E-state index in [1.165, 1.54) is 0 Å². The van der Waals surface area contributed by atoms with Crippen molar-refractivity contribution in [3.63, 3.8) is 0 Å². The Bertz CT molecular complexity index is 706. The predicted molar refractivity (Wildman–Crippen MR) is 59.5 cm³/mol. The molecule has 0 heterocycles. The average molecular weight is 328 g/mol. The van der Waals surface area contributed by atoms with Gasteiger partial charge in [-0.1, -0.05) is 0 Å². The first-order chi connectivity index (χ1) is 9.35. The quantitative estimate of drug-likeness (QED) is 0.491. The summed E-state index contributed by atoms with van der Waals surface area (Å²) in [5.41, 5.74) is -3.31. The zero-order valence-corrected chi connectivity index (χ0v) is 10.9. The standard InChI is InChI=1S/C10H7F3O7S/c1-4(14)20-8-6(21(17,18)19)3-2-5(10(11,12)13)7(8)9(15)16/h2-3H,1H3,(H,15,16)(H,17,18,19). The summed E-state index contributed by atoms with van der Waals surface area (Å²) in [5, 5.41) is 8.85. The van der Waals surface area contributed by atoms with E-state index in [1.54, 1.807) is 0 Å². The van der Waals surface area contributed by atoms with E-state index < -0.39 is 50.0 Å². The molecule has 0 saturated heterocycles. The van der Waals surface area contributed by atoms with E-state index in [1.807, 2.05) is 0 Å². The number of alkyl halides is 3. The van der Waals surface area contributed by atoms with Gasteiger partial charge in [-0.25, -0.2) is 4.79 Å². The first-order valence-corrected chi connectivity index (χ1v) is 6.43. The van der Waals surface area contributed by atoms with Crippen LogP contribution in [0.1, 0.15) is 22.8 Å². The highest BCUT2D eigenvalue weighted by Gasteiger charge is 2.39. The van der Waals surface area contributed by atoms with Gasteiger partial charge < -0.3 is 9.84 Å². The molecule has 0 radical (unpaired) electrons. The van der Waals surface area contributed by atoms with Gasteiger partial charge in [-0.3, -0.25) is 9.35 Å². The molecule has 0 fully saturated rings. The molecule has 0 aromatic heterocycles. The van der Waals surface area contributed by atoms with Crippen molar-refractivity contribution in [3.05, 3.63) is 23.3 Å². The van der Waals surface area contributed by atoms with Crippen LogP contribution < -0.4 is 4.74 Å². The number of rotatable bonds is 3. The Balaban J connectivity index is 3.88. The number of carboxylic acid groups (broad SMARTS) is 1. The highest BCUT2D eigenvalue weighted by molar-refractivity contribution is 7.86. The van der Waals surface area contributed by atoms with Crippen LogP contribution in [0.3, 0.4) is 0 Å². The summed E-state index contributed by atoms with van der Waals surface area (Å²) >= 11 is 0. The van der Waals surface area contributed by atoms with Gasteiger partial charge in [0.2, 0.25) is 0 Å². The minimum absolute atomic E-state index is 0.152. The van der Waals surface area contributed by atoms with E-state index in [0.29, 0.717) is 6.07 Å². The Morgan fingerprint density at radius 2 is 1.76 bits per heavy atom. The van der Waals surface area contributed by atoms with Gasteiger partial charge in [-0.2, -0.15) is 21.6 Å². The predicted octanol–water partition coefficient (Wildman–Crippen LogP) is 1.58. The summed E-state index contributed by atoms with van der Waals surface area (Å²) in [7, 11) is -5.11. The van der Waals surface area contributed by atoms with Crippen LogP contribution in [0.2, 0.25) is 0 Å². The van der Waals surface area contributed by atoms with Gasteiger partial charge >= 0.3 is 18.1 Å². The van der Waals surface area contributed by atoms with Crippen LogP contribution in [0, 0.1) is 0 Å². The summed E-state index contributed by atoms with van der Waals surface area (Å²) < 4.78 is 73.5. The average Bonchev–Trinajstić information content (AvgIpc) is 2.23. The smallest absolute Gasteiger partial charge is 0.417 e. The van der Waals surface area contributed by atoms with Crippen molar-refractivity contribution in [2.45, 2.75) is 18.0 Å². The molecule has 0 aliphatic carbocycles. The largest absolute Gasteiger partial charge is 0.478 e. The fourth-order valence-corrected chi connectivity index (χ4v) is 2.08. The third-order valence-corrected chi connectivity index (χ3v) is 3.04. The summed E-state index contributed by atoms with van der Waals surface area (Å²) in [6, 6.07) is 0.447. The maximum absolute atomic E-state index is 12.7. The monoisotopic (exact) mass is 328 g/mol. The van der Waals surface area contributed by atoms with Gasteiger partial charge in [0.05, 0.1) is 5.56 Å². The van der Waals surface area contributed by atoms with Crippen LogP contribution >= 0.6 is 0 Å². The van der Waals surface area contributed by atoms with E-state index in [2.05, 4.69) is 4.74 Å². The van der Waals surface area contributed by atoms with Crippen LogP contribution in [0.25, 0.3) is 0 Å². The number of carbonyl (C=O) groups excluding carboxylic acids is 1. The molecule has 0 bridgehead atoms. The van der Waals surface area contributed by atoms with E-state index >= 15 is 0 Å². The molecular formula is C10H7F3O7S. The Kier molecular flexibility index (Phi) is 4.29. The topological polar surface area (TPSA) is 118 Å². The van der Waals surface area contributed by atoms with Gasteiger partial charge in [0.1, 0.15) is 10.5 Å². The molecule has 0 aliphatic rings. The zero-order chi connectivity index (χ0) is 16.6. The number of hydrogen-bond donors (Lipinski definition) is 2. The van der Waals surface area contributed by atoms with Gasteiger partial charge in [0, 0.05) is 6.92 Å². The summed E-state index contributed by atoms with van der Waals surface area (Å²) in [5.74, 6) is -4.84. The van der Waals surface area contributed by atoms with Crippen molar-refractivity contribution in [1.82, 2.24) is 0 Å². The van der Waals surface area contributed by atoms with Crippen molar-refractivity contribution in [1.29, 1.82) is 0 Å². The molecule has 1 aromatic rings. The second-order valence-electron chi connectivity index (χ2n) is 3.69. The second-order valence-corrected chi connectivity index (χ2v) is 5.08. The van der Waals surface area contributed by atoms with Crippen LogP contribution in [0.15, 0.2) is 17.0 Å². The van der Waals surface area contributed by atoms with Crippen LogP contribution in [0.4, 0.5) is 13.2 Å². The highest BCUT2D eigenvalue weighted by Crippen LogP contribution is 2.39. The third-order valence-electron chi connectivity index (χ3n) is 2.16. The Hall–Kier alpha value is -2.14. The molecule has 1 aromatic carbocycles. The molecule has 0 atom stereocenters. The zero-order valence-electron chi connectivity index (χ0n) is 10.1. The number of benzene rings is 1. The van der Waals surface area contributed by atoms with Crippen molar-refractivity contribution in [2.75, 3.05) is 0 Å². The van der Waals surface area contributed by atoms with E-state index in [9.17, 15) is 31.2 Å². The summed E-state index contributed by atoms with van der Waals surface area (Å²) in [4.78, 5) is 20.6. The number of carbonyl (C=O) groups is 2. The number of hydrogen-bond acceptors (Lipinski definition) is 5. The minimum atomic E-state index is -5.14. The SMILES string of the molecule is CC(=O)Oc1c(S(=O)(=O)O)ccc(C(F)(F)F)c1C(=O)O. The molecule has 0 unspecified atom stereocenters. The molecule has 0 spiro atoms. The van der Waals surface area contributed by atoms with E-state index in [4.69, 9.17) is 9.66 Å². The Morgan fingerprint density at radius 1 is 1.24 bits per heavy atom. The normalized spacial score (nSPS) is 12.0. The molecule has 11 heteroatoms. The van der Waals surface area contributed by atoms with Crippen molar-refractivity contribution < 1.29 is 45.6 Å². The molecule has 0 aliphatic heterocycles. The van der Waals surface area contributed by atoms with Gasteiger partial charge in [-0.05, 0) is 12.1 Å². The number of esters is 1. The lowest BCUT2D eigenvalue weighted by atomic mass is 10.1. The number of carboxylic acids is 1. The Labute approximate surface area is 115 Å². The molecule has 0 amide bonds. The van der Waals surface area contributed by atoms with Crippen LogP contribution in [-0.4, -0.2) is 30.0 Å². The summed E-state index contributed by atoms with van der Waals surface area (Å²) in [6.07, 6.45) is -5.14.